The van der Waals surface area contributed by atoms with Gasteiger partial charge in [-0.05, 0) is 36.6 Å². The maximum Gasteiger partial charge on any atom is 0.133 e. The lowest BCUT2D eigenvalue weighted by molar-refractivity contribution is 0.290. The third-order valence-corrected chi connectivity index (χ3v) is 3.97. The Labute approximate surface area is 126 Å². The zero-order valence-electron chi connectivity index (χ0n) is 10.9. The molecule has 2 aromatic rings. The maximum absolute atomic E-state index is 5.89. The fraction of sp³-hybridized carbons (Fsp3) is 0.200. The van der Waals surface area contributed by atoms with E-state index in [2.05, 4.69) is 22.0 Å². The van der Waals surface area contributed by atoms with Crippen LogP contribution in [-0.2, 0) is 6.61 Å². The molecule has 2 nitrogen and oxygen atoms in total. The molecule has 0 aromatic heterocycles. The van der Waals surface area contributed by atoms with Gasteiger partial charge in [0, 0.05) is 14.9 Å². The van der Waals surface area contributed by atoms with Crippen molar-refractivity contribution in [3.05, 3.63) is 52.5 Å². The summed E-state index contributed by atoms with van der Waals surface area (Å²) in [4.78, 5) is 1.14. The highest BCUT2D eigenvalue weighted by atomic mass is 79.9. The first kappa shape index (κ1) is 14.3. The van der Waals surface area contributed by atoms with E-state index < -0.39 is 0 Å². The molecule has 0 spiro atoms. The zero-order chi connectivity index (χ0) is 13.7. The molecule has 0 saturated carbocycles. The number of rotatable bonds is 5. The van der Waals surface area contributed by atoms with Gasteiger partial charge in [-0.2, -0.15) is 0 Å². The fourth-order valence-electron chi connectivity index (χ4n) is 1.75. The van der Waals surface area contributed by atoms with Gasteiger partial charge in [0.05, 0.1) is 7.11 Å². The number of methoxy groups -OCH3 is 1. The van der Waals surface area contributed by atoms with Crippen LogP contribution in [0.15, 0.2) is 51.8 Å². The Bertz CT molecular complexity index is 558. The van der Waals surface area contributed by atoms with Crippen molar-refractivity contribution in [3.63, 3.8) is 0 Å². The van der Waals surface area contributed by atoms with Crippen molar-refractivity contribution < 1.29 is 9.47 Å². The Morgan fingerprint density at radius 1 is 1.11 bits per heavy atom. The standard InChI is InChI=1S/C15H15BrO2S/c1-17-13-8-7-12(16)9-11(13)10-18-14-5-3-4-6-15(14)19-2/h3-9H,10H2,1-2H3. The molecule has 0 atom stereocenters. The van der Waals surface area contributed by atoms with Crippen LogP contribution >= 0.6 is 27.7 Å². The summed E-state index contributed by atoms with van der Waals surface area (Å²) in [6.45, 7) is 0.486. The highest BCUT2D eigenvalue weighted by molar-refractivity contribution is 9.10. The molecule has 4 heteroatoms. The molecule has 0 fully saturated rings. The van der Waals surface area contributed by atoms with Crippen molar-refractivity contribution in [1.82, 2.24) is 0 Å². The van der Waals surface area contributed by atoms with Crippen molar-refractivity contribution in [2.24, 2.45) is 0 Å². The normalized spacial score (nSPS) is 10.3. The van der Waals surface area contributed by atoms with Gasteiger partial charge in [0.2, 0.25) is 0 Å². The minimum absolute atomic E-state index is 0.486. The second-order valence-corrected chi connectivity index (χ2v) is 5.66. The number of benzene rings is 2. The minimum atomic E-state index is 0.486. The third kappa shape index (κ3) is 3.67. The molecule has 0 heterocycles. The first-order valence-electron chi connectivity index (χ1n) is 5.83. The van der Waals surface area contributed by atoms with E-state index in [1.54, 1.807) is 18.9 Å². The van der Waals surface area contributed by atoms with Crippen LogP contribution in [0.1, 0.15) is 5.56 Å². The number of halogens is 1. The molecule has 100 valence electrons. The molecule has 0 N–H and O–H groups in total. The Hall–Kier alpha value is -1.13. The van der Waals surface area contributed by atoms with E-state index in [1.807, 2.05) is 42.7 Å². The van der Waals surface area contributed by atoms with Gasteiger partial charge in [-0.1, -0.05) is 28.1 Å². The van der Waals surface area contributed by atoms with Crippen LogP contribution in [0, 0.1) is 0 Å². The Morgan fingerprint density at radius 3 is 2.63 bits per heavy atom. The molecule has 0 aliphatic heterocycles. The predicted molar refractivity (Wildman–Crippen MR) is 83.2 cm³/mol. The summed E-state index contributed by atoms with van der Waals surface area (Å²) in [5.74, 6) is 1.74. The fourth-order valence-corrected chi connectivity index (χ4v) is 2.70. The first-order chi connectivity index (χ1) is 9.24. The van der Waals surface area contributed by atoms with Crippen molar-refractivity contribution in [2.75, 3.05) is 13.4 Å². The van der Waals surface area contributed by atoms with Crippen LogP contribution in [0.2, 0.25) is 0 Å². The number of para-hydroxylation sites is 1. The van der Waals surface area contributed by atoms with E-state index in [0.29, 0.717) is 6.61 Å². The molecule has 2 rings (SSSR count). The second-order valence-electron chi connectivity index (χ2n) is 3.90. The van der Waals surface area contributed by atoms with Gasteiger partial charge < -0.3 is 9.47 Å². The summed E-state index contributed by atoms with van der Waals surface area (Å²) >= 11 is 5.14. The van der Waals surface area contributed by atoms with Crippen LogP contribution < -0.4 is 9.47 Å². The topological polar surface area (TPSA) is 18.5 Å². The molecule has 0 saturated heterocycles. The number of thioether (sulfide) groups is 1. The Balaban J connectivity index is 2.16. The van der Waals surface area contributed by atoms with Gasteiger partial charge in [-0.25, -0.2) is 0 Å². The van der Waals surface area contributed by atoms with Crippen LogP contribution in [0.4, 0.5) is 0 Å². The summed E-state index contributed by atoms with van der Waals surface area (Å²) < 4.78 is 12.2. The van der Waals surface area contributed by atoms with Crippen molar-refractivity contribution in [2.45, 2.75) is 11.5 Å². The van der Waals surface area contributed by atoms with E-state index in [1.165, 1.54) is 0 Å². The van der Waals surface area contributed by atoms with Gasteiger partial charge in [0.25, 0.3) is 0 Å². The average Bonchev–Trinajstić information content (AvgIpc) is 2.45. The van der Waals surface area contributed by atoms with Gasteiger partial charge in [0.15, 0.2) is 0 Å². The van der Waals surface area contributed by atoms with Crippen LogP contribution in [0.25, 0.3) is 0 Å². The second kappa shape index (κ2) is 6.87. The highest BCUT2D eigenvalue weighted by Gasteiger charge is 2.06. The molecule has 0 bridgehead atoms. The number of hydrogen-bond donors (Lipinski definition) is 0. The molecular formula is C15H15BrO2S. The molecule has 0 unspecified atom stereocenters. The number of hydrogen-bond acceptors (Lipinski definition) is 3. The lowest BCUT2D eigenvalue weighted by Crippen LogP contribution is -1.99. The lowest BCUT2D eigenvalue weighted by atomic mass is 10.2. The van der Waals surface area contributed by atoms with Gasteiger partial charge >= 0.3 is 0 Å². The average molecular weight is 339 g/mol. The summed E-state index contributed by atoms with van der Waals surface area (Å²) in [5, 5.41) is 0. The van der Waals surface area contributed by atoms with Crippen LogP contribution in [0.3, 0.4) is 0 Å². The first-order valence-corrected chi connectivity index (χ1v) is 7.84. The predicted octanol–water partition coefficient (Wildman–Crippen LogP) is 4.76. The van der Waals surface area contributed by atoms with E-state index in [-0.39, 0.29) is 0 Å². The van der Waals surface area contributed by atoms with Gasteiger partial charge in [-0.15, -0.1) is 11.8 Å². The van der Waals surface area contributed by atoms with Gasteiger partial charge in [0.1, 0.15) is 18.1 Å². The van der Waals surface area contributed by atoms with Crippen LogP contribution in [-0.4, -0.2) is 13.4 Å². The molecule has 0 amide bonds. The van der Waals surface area contributed by atoms with Crippen molar-refractivity contribution >= 4 is 27.7 Å². The molecule has 19 heavy (non-hydrogen) atoms. The summed E-state index contributed by atoms with van der Waals surface area (Å²) in [6.07, 6.45) is 2.04. The maximum atomic E-state index is 5.89. The molecule has 0 aliphatic rings. The summed E-state index contributed by atoms with van der Waals surface area (Å²) in [7, 11) is 1.67. The van der Waals surface area contributed by atoms with E-state index in [9.17, 15) is 0 Å². The van der Waals surface area contributed by atoms with Crippen molar-refractivity contribution in [3.8, 4) is 11.5 Å². The van der Waals surface area contributed by atoms with E-state index in [4.69, 9.17) is 9.47 Å². The number of ether oxygens (including phenoxy) is 2. The molecule has 0 radical (unpaired) electrons. The molecule has 2 aromatic carbocycles. The summed E-state index contributed by atoms with van der Waals surface area (Å²) in [5.41, 5.74) is 1.02. The lowest BCUT2D eigenvalue weighted by Gasteiger charge is -2.12. The monoisotopic (exact) mass is 338 g/mol. The molecular weight excluding hydrogens is 324 g/mol. The SMILES string of the molecule is COc1ccc(Br)cc1COc1ccccc1SC. The van der Waals surface area contributed by atoms with E-state index >= 15 is 0 Å². The van der Waals surface area contributed by atoms with Crippen LogP contribution in [0.5, 0.6) is 11.5 Å². The smallest absolute Gasteiger partial charge is 0.133 e. The Morgan fingerprint density at radius 2 is 1.89 bits per heavy atom. The summed E-state index contributed by atoms with van der Waals surface area (Å²) in [6, 6.07) is 13.9. The van der Waals surface area contributed by atoms with E-state index in [0.717, 1.165) is 26.4 Å². The zero-order valence-corrected chi connectivity index (χ0v) is 13.3. The largest absolute Gasteiger partial charge is 0.496 e. The third-order valence-electron chi connectivity index (χ3n) is 2.69. The quantitative estimate of drug-likeness (QED) is 0.732. The highest BCUT2D eigenvalue weighted by Crippen LogP contribution is 2.29. The van der Waals surface area contributed by atoms with Crippen molar-refractivity contribution in [1.29, 1.82) is 0 Å². The minimum Gasteiger partial charge on any atom is -0.496 e. The molecule has 0 aliphatic carbocycles. The van der Waals surface area contributed by atoms with Gasteiger partial charge in [-0.3, -0.25) is 0 Å². The Kier molecular flexibility index (Phi) is 5.16.